The second-order valence-electron chi connectivity index (χ2n) is 4.32. The maximum atomic E-state index is 5.94. The van der Waals surface area contributed by atoms with Crippen LogP contribution in [-0.2, 0) is 0 Å². The zero-order chi connectivity index (χ0) is 14.8. The van der Waals surface area contributed by atoms with Crippen LogP contribution < -0.4 is 10.5 Å². The van der Waals surface area contributed by atoms with Gasteiger partial charge < -0.3 is 10.5 Å². The van der Waals surface area contributed by atoms with Gasteiger partial charge in [-0.1, -0.05) is 22.0 Å². The number of para-hydroxylation sites is 1. The summed E-state index contributed by atoms with van der Waals surface area (Å²) in [6, 6.07) is 13.2. The topological polar surface area (TPSA) is 78.8 Å². The maximum Gasteiger partial charge on any atom is 0.190 e. The van der Waals surface area contributed by atoms with E-state index in [2.05, 4.69) is 31.5 Å². The third kappa shape index (κ3) is 2.47. The second-order valence-corrected chi connectivity index (χ2v) is 5.23. The highest BCUT2D eigenvalue weighted by Gasteiger charge is 2.16. The SMILES string of the molecule is COc1c(N)cccc1-c1nnnn1-c1ccc(Br)cc1. The Kier molecular flexibility index (Phi) is 3.57. The normalized spacial score (nSPS) is 10.6. The lowest BCUT2D eigenvalue weighted by atomic mass is 10.1. The maximum absolute atomic E-state index is 5.94. The molecular weight excluding hydrogens is 334 g/mol. The first-order valence-electron chi connectivity index (χ1n) is 6.18. The number of benzene rings is 2. The lowest BCUT2D eigenvalue weighted by Gasteiger charge is -2.10. The van der Waals surface area contributed by atoms with Crippen LogP contribution in [0.3, 0.4) is 0 Å². The molecule has 0 saturated carbocycles. The molecule has 0 aliphatic rings. The van der Waals surface area contributed by atoms with Crippen LogP contribution in [0.1, 0.15) is 0 Å². The predicted octanol–water partition coefficient (Wildman–Crippen LogP) is 2.68. The fourth-order valence-electron chi connectivity index (χ4n) is 2.07. The fraction of sp³-hybridized carbons (Fsp3) is 0.0714. The summed E-state index contributed by atoms with van der Waals surface area (Å²) in [5.41, 5.74) is 8.07. The van der Waals surface area contributed by atoms with Crippen molar-refractivity contribution in [2.45, 2.75) is 0 Å². The molecule has 2 N–H and O–H groups in total. The zero-order valence-electron chi connectivity index (χ0n) is 11.2. The number of anilines is 1. The van der Waals surface area contributed by atoms with Crippen LogP contribution in [0.4, 0.5) is 5.69 Å². The molecular formula is C14H12BrN5O. The molecule has 0 fully saturated rings. The minimum absolute atomic E-state index is 0.542. The quantitative estimate of drug-likeness (QED) is 0.738. The van der Waals surface area contributed by atoms with Gasteiger partial charge >= 0.3 is 0 Å². The van der Waals surface area contributed by atoms with Crippen LogP contribution in [-0.4, -0.2) is 27.3 Å². The van der Waals surface area contributed by atoms with Crippen LogP contribution in [0, 0.1) is 0 Å². The smallest absolute Gasteiger partial charge is 0.190 e. The van der Waals surface area contributed by atoms with E-state index in [1.165, 1.54) is 0 Å². The van der Waals surface area contributed by atoms with Gasteiger partial charge in [0.15, 0.2) is 11.6 Å². The molecule has 0 atom stereocenters. The summed E-state index contributed by atoms with van der Waals surface area (Å²) in [6.45, 7) is 0. The highest BCUT2D eigenvalue weighted by atomic mass is 79.9. The van der Waals surface area contributed by atoms with Crippen molar-refractivity contribution in [1.29, 1.82) is 0 Å². The molecule has 0 bridgehead atoms. The lowest BCUT2D eigenvalue weighted by Crippen LogP contribution is -2.02. The summed E-state index contributed by atoms with van der Waals surface area (Å²) >= 11 is 3.41. The molecule has 7 heteroatoms. The van der Waals surface area contributed by atoms with Crippen molar-refractivity contribution < 1.29 is 4.74 Å². The molecule has 1 aromatic heterocycles. The first-order chi connectivity index (χ1) is 10.2. The van der Waals surface area contributed by atoms with E-state index in [1.807, 2.05) is 36.4 Å². The van der Waals surface area contributed by atoms with E-state index in [4.69, 9.17) is 10.5 Å². The standard InChI is InChI=1S/C14H12BrN5O/c1-21-13-11(3-2-4-12(13)16)14-17-18-19-20(14)10-7-5-9(15)6-8-10/h2-8H,16H2,1H3. The Morgan fingerprint density at radius 1 is 1.14 bits per heavy atom. The van der Waals surface area contributed by atoms with Crippen LogP contribution in [0.25, 0.3) is 17.1 Å². The number of hydrogen-bond acceptors (Lipinski definition) is 5. The second kappa shape index (κ2) is 5.53. The lowest BCUT2D eigenvalue weighted by molar-refractivity contribution is 0.418. The summed E-state index contributed by atoms with van der Waals surface area (Å²) in [5, 5.41) is 11.9. The van der Waals surface area contributed by atoms with Crippen LogP contribution in [0.5, 0.6) is 5.75 Å². The van der Waals surface area contributed by atoms with Crippen LogP contribution in [0.2, 0.25) is 0 Å². The molecule has 0 saturated heterocycles. The number of halogens is 1. The number of ether oxygens (including phenoxy) is 1. The fourth-order valence-corrected chi connectivity index (χ4v) is 2.33. The van der Waals surface area contributed by atoms with Crippen molar-refractivity contribution in [3.05, 3.63) is 46.9 Å². The number of methoxy groups -OCH3 is 1. The van der Waals surface area contributed by atoms with Crippen molar-refractivity contribution >= 4 is 21.6 Å². The van der Waals surface area contributed by atoms with Crippen molar-refractivity contribution in [1.82, 2.24) is 20.2 Å². The number of aromatic nitrogens is 4. The monoisotopic (exact) mass is 345 g/mol. The molecule has 1 heterocycles. The third-order valence-electron chi connectivity index (χ3n) is 3.03. The molecule has 3 rings (SSSR count). The molecule has 6 nitrogen and oxygen atoms in total. The molecule has 0 unspecified atom stereocenters. The van der Waals surface area contributed by atoms with Gasteiger partial charge in [0.05, 0.1) is 24.0 Å². The summed E-state index contributed by atoms with van der Waals surface area (Å²) in [6.07, 6.45) is 0. The van der Waals surface area contributed by atoms with Crippen molar-refractivity contribution in [2.75, 3.05) is 12.8 Å². The summed E-state index contributed by atoms with van der Waals surface area (Å²) < 4.78 is 8.00. The Morgan fingerprint density at radius 3 is 2.62 bits per heavy atom. The Hall–Kier alpha value is -2.41. The number of nitrogens with zero attached hydrogens (tertiary/aromatic N) is 4. The molecule has 0 radical (unpaired) electrons. The van der Waals surface area contributed by atoms with Gasteiger partial charge in [-0.2, -0.15) is 4.68 Å². The number of rotatable bonds is 3. The molecule has 21 heavy (non-hydrogen) atoms. The van der Waals surface area contributed by atoms with Crippen molar-refractivity contribution in [2.24, 2.45) is 0 Å². The van der Waals surface area contributed by atoms with Gasteiger partial charge in [0.2, 0.25) is 0 Å². The molecule has 106 valence electrons. The van der Waals surface area contributed by atoms with Gasteiger partial charge in [0.1, 0.15) is 0 Å². The Balaban J connectivity index is 2.16. The van der Waals surface area contributed by atoms with Gasteiger partial charge in [-0.25, -0.2) is 0 Å². The summed E-state index contributed by atoms with van der Waals surface area (Å²) in [7, 11) is 1.57. The minimum Gasteiger partial charge on any atom is -0.494 e. The van der Waals surface area contributed by atoms with E-state index < -0.39 is 0 Å². The number of nitrogen functional groups attached to an aromatic ring is 1. The third-order valence-corrected chi connectivity index (χ3v) is 3.56. The number of hydrogen-bond donors (Lipinski definition) is 1. The van der Waals surface area contributed by atoms with E-state index in [0.29, 0.717) is 17.3 Å². The van der Waals surface area contributed by atoms with Crippen molar-refractivity contribution in [3.63, 3.8) is 0 Å². The van der Waals surface area contributed by atoms with Crippen LogP contribution >= 0.6 is 15.9 Å². The summed E-state index contributed by atoms with van der Waals surface area (Å²) in [5.74, 6) is 1.13. The molecule has 2 aromatic carbocycles. The number of tetrazole rings is 1. The van der Waals surface area contributed by atoms with Gasteiger partial charge in [0, 0.05) is 4.47 Å². The van der Waals surface area contributed by atoms with Gasteiger partial charge in [-0.05, 0) is 46.8 Å². The van der Waals surface area contributed by atoms with E-state index >= 15 is 0 Å². The molecule has 0 amide bonds. The first kappa shape index (κ1) is 13.6. The van der Waals surface area contributed by atoms with E-state index in [1.54, 1.807) is 17.9 Å². The number of nitrogens with two attached hydrogens (primary N) is 1. The Morgan fingerprint density at radius 2 is 1.90 bits per heavy atom. The van der Waals surface area contributed by atoms with Gasteiger partial charge in [-0.3, -0.25) is 0 Å². The molecule has 3 aromatic rings. The highest BCUT2D eigenvalue weighted by Crippen LogP contribution is 2.34. The Labute approximate surface area is 129 Å². The van der Waals surface area contributed by atoms with E-state index in [-0.39, 0.29) is 0 Å². The van der Waals surface area contributed by atoms with Gasteiger partial charge in [0.25, 0.3) is 0 Å². The Bertz CT molecular complexity index is 769. The first-order valence-corrected chi connectivity index (χ1v) is 6.97. The zero-order valence-corrected chi connectivity index (χ0v) is 12.8. The summed E-state index contributed by atoms with van der Waals surface area (Å²) in [4.78, 5) is 0. The minimum atomic E-state index is 0.542. The largest absolute Gasteiger partial charge is 0.494 e. The average molecular weight is 346 g/mol. The van der Waals surface area contributed by atoms with E-state index in [0.717, 1.165) is 15.7 Å². The molecule has 0 spiro atoms. The van der Waals surface area contributed by atoms with Gasteiger partial charge in [-0.15, -0.1) is 5.10 Å². The molecule has 0 aliphatic carbocycles. The predicted molar refractivity (Wildman–Crippen MR) is 83.3 cm³/mol. The van der Waals surface area contributed by atoms with Crippen molar-refractivity contribution in [3.8, 4) is 22.8 Å². The highest BCUT2D eigenvalue weighted by molar-refractivity contribution is 9.10. The molecule has 0 aliphatic heterocycles. The van der Waals surface area contributed by atoms with E-state index in [9.17, 15) is 0 Å². The average Bonchev–Trinajstić information content (AvgIpc) is 2.97. The van der Waals surface area contributed by atoms with Crippen LogP contribution in [0.15, 0.2) is 46.9 Å².